The molecule has 0 aliphatic carbocycles. The van der Waals surface area contributed by atoms with E-state index in [-0.39, 0.29) is 17.9 Å². The number of halogens is 3. The lowest BCUT2D eigenvalue weighted by atomic mass is 10.2. The van der Waals surface area contributed by atoms with E-state index in [9.17, 15) is 18.0 Å². The van der Waals surface area contributed by atoms with E-state index in [0.29, 0.717) is 10.2 Å². The highest BCUT2D eigenvalue weighted by molar-refractivity contribution is 5.70. The Morgan fingerprint density at radius 3 is 2.44 bits per heavy atom. The van der Waals surface area contributed by atoms with Gasteiger partial charge < -0.3 is 0 Å². The quantitative estimate of drug-likeness (QED) is 0.791. The predicted molar refractivity (Wildman–Crippen MR) is 56.9 cm³/mol. The molecule has 1 aromatic carbocycles. The van der Waals surface area contributed by atoms with Crippen molar-refractivity contribution < 1.29 is 18.0 Å². The van der Waals surface area contributed by atoms with Crippen molar-refractivity contribution in [3.63, 3.8) is 0 Å². The second-order valence-electron chi connectivity index (χ2n) is 3.55. The molecule has 0 atom stereocenters. The molecule has 0 unspecified atom stereocenters. The SMILES string of the molecule is O=Cc1nc(-c2ccccc2)nn1CC(F)(F)F. The maximum Gasteiger partial charge on any atom is 0.408 e. The fourth-order valence-electron chi connectivity index (χ4n) is 1.44. The Hall–Kier alpha value is -2.18. The third kappa shape index (κ3) is 2.73. The molecule has 0 saturated heterocycles. The molecule has 2 aromatic rings. The molecule has 0 amide bonds. The maximum absolute atomic E-state index is 12.3. The summed E-state index contributed by atoms with van der Waals surface area (Å²) in [5.74, 6) is -0.242. The van der Waals surface area contributed by atoms with Crippen LogP contribution in [0.2, 0.25) is 0 Å². The van der Waals surface area contributed by atoms with Crippen molar-refractivity contribution in [2.75, 3.05) is 0 Å². The summed E-state index contributed by atoms with van der Waals surface area (Å²) in [6, 6.07) is 8.49. The molecule has 0 bridgehead atoms. The van der Waals surface area contributed by atoms with Crippen molar-refractivity contribution in [2.24, 2.45) is 0 Å². The van der Waals surface area contributed by atoms with Crippen LogP contribution in [0.1, 0.15) is 10.6 Å². The van der Waals surface area contributed by atoms with Crippen LogP contribution >= 0.6 is 0 Å². The van der Waals surface area contributed by atoms with Crippen molar-refractivity contribution >= 4 is 6.29 Å². The Morgan fingerprint density at radius 1 is 1.22 bits per heavy atom. The molecule has 4 nitrogen and oxygen atoms in total. The zero-order valence-electron chi connectivity index (χ0n) is 9.05. The minimum Gasteiger partial charge on any atom is -0.294 e. The fraction of sp³-hybridized carbons (Fsp3) is 0.182. The van der Waals surface area contributed by atoms with Crippen molar-refractivity contribution in [1.29, 1.82) is 0 Å². The Bertz CT molecular complexity index is 548. The number of rotatable bonds is 3. The van der Waals surface area contributed by atoms with Crippen LogP contribution in [0.3, 0.4) is 0 Å². The number of benzene rings is 1. The summed E-state index contributed by atoms with van der Waals surface area (Å²) >= 11 is 0. The normalized spacial score (nSPS) is 11.5. The first-order valence-corrected chi connectivity index (χ1v) is 5.02. The van der Waals surface area contributed by atoms with Crippen LogP contribution in [-0.2, 0) is 6.54 Å². The van der Waals surface area contributed by atoms with Crippen LogP contribution in [0.15, 0.2) is 30.3 Å². The van der Waals surface area contributed by atoms with E-state index in [0.717, 1.165) is 0 Å². The Kier molecular flexibility index (Phi) is 3.14. The van der Waals surface area contributed by atoms with Gasteiger partial charge in [-0.3, -0.25) is 4.79 Å². The van der Waals surface area contributed by atoms with E-state index in [2.05, 4.69) is 10.1 Å². The summed E-state index contributed by atoms with van der Waals surface area (Å²) < 4.78 is 37.3. The zero-order valence-corrected chi connectivity index (χ0v) is 9.05. The van der Waals surface area contributed by atoms with Gasteiger partial charge in [0.15, 0.2) is 17.9 Å². The number of aromatic nitrogens is 3. The molecule has 94 valence electrons. The van der Waals surface area contributed by atoms with Crippen molar-refractivity contribution in [3.8, 4) is 11.4 Å². The number of hydrogen-bond donors (Lipinski definition) is 0. The van der Waals surface area contributed by atoms with Gasteiger partial charge in [-0.1, -0.05) is 30.3 Å². The highest BCUT2D eigenvalue weighted by atomic mass is 19.4. The average Bonchev–Trinajstić information content (AvgIpc) is 2.71. The molecule has 0 N–H and O–H groups in total. The number of hydrogen-bond acceptors (Lipinski definition) is 3. The Labute approximate surface area is 100 Å². The molecular formula is C11H8F3N3O. The highest BCUT2D eigenvalue weighted by Gasteiger charge is 2.30. The maximum atomic E-state index is 12.3. The van der Waals surface area contributed by atoms with Crippen LogP contribution in [0.5, 0.6) is 0 Å². The molecule has 0 fully saturated rings. The largest absolute Gasteiger partial charge is 0.408 e. The highest BCUT2D eigenvalue weighted by Crippen LogP contribution is 2.20. The predicted octanol–water partition coefficient (Wildman–Crippen LogP) is 2.32. The molecule has 0 spiro atoms. The molecule has 7 heteroatoms. The van der Waals surface area contributed by atoms with Crippen LogP contribution < -0.4 is 0 Å². The minimum atomic E-state index is -4.45. The lowest BCUT2D eigenvalue weighted by Crippen LogP contribution is -2.20. The van der Waals surface area contributed by atoms with E-state index in [4.69, 9.17) is 0 Å². The molecule has 0 saturated carbocycles. The van der Waals surface area contributed by atoms with Crippen LogP contribution in [0.4, 0.5) is 13.2 Å². The monoisotopic (exact) mass is 255 g/mol. The van der Waals surface area contributed by atoms with Gasteiger partial charge in [-0.25, -0.2) is 9.67 Å². The molecule has 1 heterocycles. The van der Waals surface area contributed by atoms with Crippen LogP contribution in [0.25, 0.3) is 11.4 Å². The zero-order chi connectivity index (χ0) is 13.2. The lowest BCUT2D eigenvalue weighted by molar-refractivity contribution is -0.142. The first-order chi connectivity index (χ1) is 8.49. The molecule has 0 aliphatic heterocycles. The summed E-state index contributed by atoms with van der Waals surface area (Å²) in [5, 5.41) is 3.69. The molecular weight excluding hydrogens is 247 g/mol. The van der Waals surface area contributed by atoms with Gasteiger partial charge >= 0.3 is 6.18 Å². The third-order valence-electron chi connectivity index (χ3n) is 2.17. The van der Waals surface area contributed by atoms with Crippen LogP contribution in [-0.4, -0.2) is 27.2 Å². The van der Waals surface area contributed by atoms with E-state index in [1.54, 1.807) is 30.3 Å². The first-order valence-electron chi connectivity index (χ1n) is 5.02. The first kappa shape index (κ1) is 12.3. The smallest absolute Gasteiger partial charge is 0.294 e. The second kappa shape index (κ2) is 4.59. The van der Waals surface area contributed by atoms with Crippen LogP contribution in [0, 0.1) is 0 Å². The van der Waals surface area contributed by atoms with Gasteiger partial charge in [0.05, 0.1) is 0 Å². The Morgan fingerprint density at radius 2 is 1.89 bits per heavy atom. The van der Waals surface area contributed by atoms with Gasteiger partial charge in [-0.05, 0) is 0 Å². The van der Waals surface area contributed by atoms with Gasteiger partial charge in [0.1, 0.15) is 6.54 Å². The summed E-state index contributed by atoms with van der Waals surface area (Å²) in [7, 11) is 0. The van der Waals surface area contributed by atoms with Gasteiger partial charge in [0.25, 0.3) is 0 Å². The molecule has 18 heavy (non-hydrogen) atoms. The lowest BCUT2D eigenvalue weighted by Gasteiger charge is -2.05. The summed E-state index contributed by atoms with van der Waals surface area (Å²) in [4.78, 5) is 14.4. The minimum absolute atomic E-state index is 0.0990. The van der Waals surface area contributed by atoms with Gasteiger partial charge in [0, 0.05) is 5.56 Å². The topological polar surface area (TPSA) is 47.8 Å². The average molecular weight is 255 g/mol. The summed E-state index contributed by atoms with van der Waals surface area (Å²) in [5.41, 5.74) is 0.557. The fourth-order valence-corrected chi connectivity index (χ4v) is 1.44. The van der Waals surface area contributed by atoms with Crippen molar-refractivity contribution in [2.45, 2.75) is 12.7 Å². The number of alkyl halides is 3. The van der Waals surface area contributed by atoms with Gasteiger partial charge in [0.2, 0.25) is 0 Å². The molecule has 0 aliphatic rings. The summed E-state index contributed by atoms with van der Waals surface area (Å²) in [6.07, 6.45) is -4.19. The van der Waals surface area contributed by atoms with Crippen molar-refractivity contribution in [3.05, 3.63) is 36.2 Å². The number of carbonyl (C=O) groups is 1. The number of carbonyl (C=O) groups excluding carboxylic acids is 1. The summed E-state index contributed by atoms with van der Waals surface area (Å²) in [6.45, 7) is -1.33. The third-order valence-corrected chi connectivity index (χ3v) is 2.17. The molecule has 2 rings (SSSR count). The molecule has 0 radical (unpaired) electrons. The number of aldehydes is 1. The number of nitrogens with zero attached hydrogens (tertiary/aromatic N) is 3. The standard InChI is InChI=1S/C11H8F3N3O/c12-11(13,14)7-17-9(6-18)15-10(16-17)8-4-2-1-3-5-8/h1-6H,7H2. The second-order valence-corrected chi connectivity index (χ2v) is 3.55. The van der Waals surface area contributed by atoms with E-state index < -0.39 is 12.7 Å². The van der Waals surface area contributed by atoms with E-state index in [1.807, 2.05) is 0 Å². The molecule has 1 aromatic heterocycles. The van der Waals surface area contributed by atoms with Crippen molar-refractivity contribution in [1.82, 2.24) is 14.8 Å². The van der Waals surface area contributed by atoms with E-state index >= 15 is 0 Å². The van der Waals surface area contributed by atoms with E-state index in [1.165, 1.54) is 0 Å². The Balaban J connectivity index is 2.38. The van der Waals surface area contributed by atoms with Gasteiger partial charge in [-0.15, -0.1) is 0 Å². The van der Waals surface area contributed by atoms with Gasteiger partial charge in [-0.2, -0.15) is 18.3 Å².